The highest BCUT2D eigenvalue weighted by Crippen LogP contribution is 2.25. The van der Waals surface area contributed by atoms with Crippen molar-refractivity contribution in [3.63, 3.8) is 0 Å². The van der Waals surface area contributed by atoms with Gasteiger partial charge in [-0.2, -0.15) is 0 Å². The molecule has 1 aliphatic heterocycles. The van der Waals surface area contributed by atoms with Crippen molar-refractivity contribution in [2.45, 2.75) is 26.4 Å². The van der Waals surface area contributed by atoms with Crippen LogP contribution in [0.25, 0.3) is 0 Å². The fourth-order valence-electron chi connectivity index (χ4n) is 1.06. The second-order valence-electron chi connectivity index (χ2n) is 3.11. The minimum Gasteiger partial charge on any atom is -0.377 e. The zero-order valence-corrected chi connectivity index (χ0v) is 8.82. The van der Waals surface area contributed by atoms with Crippen molar-refractivity contribution in [3.8, 4) is 0 Å². The molecule has 4 heteroatoms. The molecule has 1 N–H and O–H groups in total. The SMILES string of the molecule is CC.Cc1cnc(C2(O)COC2)nc1. The summed E-state index contributed by atoms with van der Waals surface area (Å²) in [7, 11) is 0. The van der Waals surface area contributed by atoms with E-state index >= 15 is 0 Å². The van der Waals surface area contributed by atoms with Gasteiger partial charge in [-0.15, -0.1) is 0 Å². The van der Waals surface area contributed by atoms with E-state index in [4.69, 9.17) is 4.74 Å². The highest BCUT2D eigenvalue weighted by atomic mass is 16.5. The van der Waals surface area contributed by atoms with Crippen LogP contribution in [0.15, 0.2) is 12.4 Å². The molecule has 2 rings (SSSR count). The van der Waals surface area contributed by atoms with Gasteiger partial charge in [0, 0.05) is 12.4 Å². The minimum absolute atomic E-state index is 0.302. The minimum atomic E-state index is -0.937. The van der Waals surface area contributed by atoms with Crippen LogP contribution in [0.2, 0.25) is 0 Å². The maximum absolute atomic E-state index is 9.72. The van der Waals surface area contributed by atoms with Gasteiger partial charge in [-0.1, -0.05) is 13.8 Å². The summed E-state index contributed by atoms with van der Waals surface area (Å²) in [5.74, 6) is 0.458. The fraction of sp³-hybridized carbons (Fsp3) is 0.600. The van der Waals surface area contributed by atoms with Gasteiger partial charge in [0.15, 0.2) is 11.4 Å². The first kappa shape index (κ1) is 11.1. The number of hydrogen-bond donors (Lipinski definition) is 1. The van der Waals surface area contributed by atoms with Crippen LogP contribution < -0.4 is 0 Å². The summed E-state index contributed by atoms with van der Waals surface area (Å²) in [6.07, 6.45) is 3.39. The maximum Gasteiger partial charge on any atom is 0.170 e. The van der Waals surface area contributed by atoms with Gasteiger partial charge in [0.1, 0.15) is 0 Å². The molecule has 1 saturated heterocycles. The van der Waals surface area contributed by atoms with Crippen molar-refractivity contribution in [1.29, 1.82) is 0 Å². The first-order valence-electron chi connectivity index (χ1n) is 4.80. The number of nitrogens with zero attached hydrogens (tertiary/aromatic N) is 2. The van der Waals surface area contributed by atoms with Gasteiger partial charge in [0.25, 0.3) is 0 Å². The second kappa shape index (κ2) is 4.48. The van der Waals surface area contributed by atoms with Crippen LogP contribution in [0.1, 0.15) is 25.2 Å². The van der Waals surface area contributed by atoms with E-state index in [-0.39, 0.29) is 0 Å². The number of ether oxygens (including phenoxy) is 1. The first-order valence-corrected chi connectivity index (χ1v) is 4.80. The predicted octanol–water partition coefficient (Wildman–Crippen LogP) is 1.03. The zero-order chi connectivity index (χ0) is 10.6. The van der Waals surface area contributed by atoms with Crippen LogP contribution in [0.3, 0.4) is 0 Å². The number of aromatic nitrogens is 2. The van der Waals surface area contributed by atoms with Crippen molar-refractivity contribution < 1.29 is 9.84 Å². The molecule has 0 spiro atoms. The van der Waals surface area contributed by atoms with E-state index in [0.717, 1.165) is 5.56 Å². The Bertz CT molecular complexity index is 281. The summed E-state index contributed by atoms with van der Waals surface area (Å²) in [6, 6.07) is 0. The Morgan fingerprint density at radius 1 is 1.29 bits per heavy atom. The molecule has 0 aliphatic carbocycles. The van der Waals surface area contributed by atoms with Gasteiger partial charge in [-0.05, 0) is 12.5 Å². The summed E-state index contributed by atoms with van der Waals surface area (Å²) >= 11 is 0. The lowest BCUT2D eigenvalue weighted by Gasteiger charge is -2.34. The molecule has 0 bridgehead atoms. The monoisotopic (exact) mass is 196 g/mol. The molecule has 78 valence electrons. The van der Waals surface area contributed by atoms with Gasteiger partial charge >= 0.3 is 0 Å². The van der Waals surface area contributed by atoms with Crippen molar-refractivity contribution in [1.82, 2.24) is 9.97 Å². The van der Waals surface area contributed by atoms with Crippen LogP contribution >= 0.6 is 0 Å². The molecule has 0 saturated carbocycles. The lowest BCUT2D eigenvalue weighted by atomic mass is 10.0. The molecule has 0 atom stereocenters. The van der Waals surface area contributed by atoms with Crippen LogP contribution in [0.5, 0.6) is 0 Å². The molecule has 0 aromatic carbocycles. The van der Waals surface area contributed by atoms with Crippen molar-refractivity contribution in [2.75, 3.05) is 13.2 Å². The number of aryl methyl sites for hydroxylation is 1. The van der Waals surface area contributed by atoms with E-state index in [0.29, 0.717) is 19.0 Å². The highest BCUT2D eigenvalue weighted by Gasteiger charge is 2.40. The first-order chi connectivity index (χ1) is 6.71. The van der Waals surface area contributed by atoms with Crippen molar-refractivity contribution in [3.05, 3.63) is 23.8 Å². The average molecular weight is 196 g/mol. The van der Waals surface area contributed by atoms with Crippen molar-refractivity contribution in [2.24, 2.45) is 0 Å². The summed E-state index contributed by atoms with van der Waals surface area (Å²) in [5, 5.41) is 9.72. The van der Waals surface area contributed by atoms with E-state index in [1.165, 1.54) is 0 Å². The molecule has 0 amide bonds. The molecule has 14 heavy (non-hydrogen) atoms. The molecule has 0 unspecified atom stereocenters. The molecule has 4 nitrogen and oxygen atoms in total. The second-order valence-corrected chi connectivity index (χ2v) is 3.11. The Labute approximate surface area is 84.0 Å². The molecule has 1 aromatic heterocycles. The quantitative estimate of drug-likeness (QED) is 0.728. The zero-order valence-electron chi connectivity index (χ0n) is 8.82. The number of hydrogen-bond acceptors (Lipinski definition) is 4. The Hall–Kier alpha value is -1.00. The van der Waals surface area contributed by atoms with E-state index in [1.54, 1.807) is 12.4 Å². The molecule has 1 aromatic rings. The van der Waals surface area contributed by atoms with Crippen LogP contribution in [-0.2, 0) is 10.3 Å². The Morgan fingerprint density at radius 2 is 1.79 bits per heavy atom. The van der Waals surface area contributed by atoms with Gasteiger partial charge in [0.05, 0.1) is 13.2 Å². The standard InChI is InChI=1S/C8H10N2O2.C2H6/c1-6-2-9-7(10-3-6)8(11)4-12-5-8;1-2/h2-3,11H,4-5H2,1H3;1-2H3. The van der Waals surface area contributed by atoms with Crippen LogP contribution in [0, 0.1) is 6.92 Å². The Kier molecular flexibility index (Phi) is 3.55. The van der Waals surface area contributed by atoms with Crippen LogP contribution in [-0.4, -0.2) is 28.3 Å². The molecule has 1 aliphatic rings. The summed E-state index contributed by atoms with van der Waals surface area (Å²) in [4.78, 5) is 8.06. The van der Waals surface area contributed by atoms with E-state index in [1.807, 2.05) is 20.8 Å². The van der Waals surface area contributed by atoms with Gasteiger partial charge < -0.3 is 9.84 Å². The summed E-state index contributed by atoms with van der Waals surface area (Å²) < 4.78 is 4.89. The Morgan fingerprint density at radius 3 is 2.14 bits per heavy atom. The van der Waals surface area contributed by atoms with Crippen molar-refractivity contribution >= 4 is 0 Å². The maximum atomic E-state index is 9.72. The van der Waals surface area contributed by atoms with E-state index < -0.39 is 5.60 Å². The number of aliphatic hydroxyl groups is 1. The predicted molar refractivity (Wildman–Crippen MR) is 52.8 cm³/mol. The lowest BCUT2D eigenvalue weighted by Crippen LogP contribution is -2.47. The smallest absolute Gasteiger partial charge is 0.170 e. The van der Waals surface area contributed by atoms with Gasteiger partial charge in [-0.25, -0.2) is 9.97 Å². The molecular formula is C10H16N2O2. The molecule has 1 fully saturated rings. The molecule has 0 radical (unpaired) electrons. The lowest BCUT2D eigenvalue weighted by molar-refractivity contribution is -0.189. The average Bonchev–Trinajstić information content (AvgIpc) is 2.19. The van der Waals surface area contributed by atoms with Gasteiger partial charge in [-0.3, -0.25) is 0 Å². The van der Waals surface area contributed by atoms with E-state index in [9.17, 15) is 5.11 Å². The topological polar surface area (TPSA) is 55.2 Å². The third-order valence-corrected chi connectivity index (χ3v) is 1.88. The third-order valence-electron chi connectivity index (χ3n) is 1.88. The highest BCUT2D eigenvalue weighted by molar-refractivity contribution is 5.09. The fourth-order valence-corrected chi connectivity index (χ4v) is 1.06. The summed E-state index contributed by atoms with van der Waals surface area (Å²) in [5.41, 5.74) is 0.0517. The largest absolute Gasteiger partial charge is 0.377 e. The normalized spacial score (nSPS) is 17.7. The molecule has 2 heterocycles. The van der Waals surface area contributed by atoms with E-state index in [2.05, 4.69) is 9.97 Å². The third kappa shape index (κ3) is 2.08. The number of rotatable bonds is 1. The molecular weight excluding hydrogens is 180 g/mol. The van der Waals surface area contributed by atoms with Gasteiger partial charge in [0.2, 0.25) is 0 Å². The Balaban J connectivity index is 0.000000461. The van der Waals surface area contributed by atoms with Crippen LogP contribution in [0.4, 0.5) is 0 Å². The summed E-state index contributed by atoms with van der Waals surface area (Å²) in [6.45, 7) is 6.51.